The number of aliphatic hydroxyl groups is 1. The predicted octanol–water partition coefficient (Wildman–Crippen LogP) is 16.9. The molecular weight excluding hydrogens is 1910 g/mol. The number of fused-ring (bicyclic) bond motifs is 8. The first-order valence-corrected chi connectivity index (χ1v) is 45.2. The molecule has 0 saturated heterocycles. The van der Waals surface area contributed by atoms with E-state index in [1.807, 2.05) is 0 Å². The highest BCUT2D eigenvalue weighted by Crippen LogP contribution is 2.48. The summed E-state index contributed by atoms with van der Waals surface area (Å²) in [6.45, 7) is 19.5. The fourth-order valence-corrected chi connectivity index (χ4v) is 17.0. The molecule has 2 fully saturated rings. The van der Waals surface area contributed by atoms with Crippen LogP contribution in [0.1, 0.15) is 148 Å². The number of rotatable bonds is 20. The number of H-pyrrole nitrogens is 1. The van der Waals surface area contributed by atoms with Gasteiger partial charge in [-0.3, -0.25) is 41.6 Å². The number of nitrogens with one attached hydrogen (secondary N) is 5. The molecule has 2 aliphatic carbocycles. The lowest BCUT2D eigenvalue weighted by molar-refractivity contribution is -0.120. The second-order valence-electron chi connectivity index (χ2n) is 37.1. The Balaban J connectivity index is 0.000000125. The van der Waals surface area contributed by atoms with Gasteiger partial charge in [0.1, 0.15) is 107 Å². The van der Waals surface area contributed by atoms with Crippen LogP contribution in [0.25, 0.3) is 68.7 Å². The Bertz CT molecular complexity index is 7910. The minimum absolute atomic E-state index is 0.169. The summed E-state index contributed by atoms with van der Waals surface area (Å²) in [5.41, 5.74) is 13.5. The van der Waals surface area contributed by atoms with Crippen LogP contribution in [0, 0.1) is 109 Å². The molecule has 4 amide bonds. The first-order chi connectivity index (χ1) is 68.8. The van der Waals surface area contributed by atoms with Gasteiger partial charge in [-0.1, -0.05) is 0 Å². The molecular formula is C100H88F12N22O11. The Labute approximate surface area is 814 Å². The van der Waals surface area contributed by atoms with Crippen molar-refractivity contribution in [2.75, 3.05) is 45.9 Å². The van der Waals surface area contributed by atoms with Gasteiger partial charge in [0.05, 0.1) is 95.6 Å². The monoisotopic (exact) mass is 2000 g/mol. The third kappa shape index (κ3) is 18.1. The summed E-state index contributed by atoms with van der Waals surface area (Å²) < 4.78 is 202. The lowest BCUT2D eigenvalue weighted by Crippen LogP contribution is -2.31. The lowest BCUT2D eigenvalue weighted by Gasteiger charge is -2.18. The summed E-state index contributed by atoms with van der Waals surface area (Å²) in [4.78, 5) is 115. The van der Waals surface area contributed by atoms with E-state index in [1.165, 1.54) is 12.8 Å². The number of imidazole rings is 4. The van der Waals surface area contributed by atoms with Gasteiger partial charge in [-0.15, -0.1) is 0 Å². The number of aryl methyl sites for hydroxylation is 4. The number of aliphatic hydroxyl groups excluding tert-OH is 1. The Hall–Kier alpha value is -16.6. The second kappa shape index (κ2) is 37.7. The standard InChI is InChI=1S/C27H24F3N5O3.2C23H19F3N6O2.C23H18F3N5O3.C4H8O/c1-13-21(23-32-22-19(27(2,3)26(36)34-22)25(33-23)38-11-14-6-7-14)35-10-4-5-18(24(35)31-13)37-12-15-16(28)8-9-17(29)20(15)30;2*1-10-17(20-29-18(27)15-19(30-20)31-22(33)23(15,2)3)32-8-4-5-14(21(32)28-10)34-9-11-12(24)6-7-13(25)16(11)26;1-10-17(19-28-18-15(21(32)29-19)23(2,3)22(33)30-18)31-8-4-5-14(20(31)27-10)34-9-11-12(24)6-7-13(25)16(11)26;5-3-4-1-2-4/h4-5,8-10,14H,6-7,11-12H2,1-3H3,(H,32,33,34,36);2*4-8H,9H2,1-3H3,(H3,27,29,30,31,33);4-8H,9H2,1-3H3,(H2,28,29,30,32,33);4-5H,1-3H2. The number of amides is 4. The van der Waals surface area contributed by atoms with Crippen LogP contribution in [0.3, 0.4) is 0 Å². The molecule has 0 radical (unpaired) electrons. The summed E-state index contributed by atoms with van der Waals surface area (Å²) in [7, 11) is 0. The lowest BCUT2D eigenvalue weighted by atomic mass is 9.87. The van der Waals surface area contributed by atoms with Gasteiger partial charge in [0.2, 0.25) is 29.5 Å². The first-order valence-electron chi connectivity index (χ1n) is 45.2. The highest BCUT2D eigenvalue weighted by atomic mass is 19.2. The molecule has 0 bridgehead atoms. The number of anilines is 6. The number of nitrogen functional groups attached to an aromatic ring is 2. The number of carbonyl (C=O) groups is 4. The molecule has 0 spiro atoms. The van der Waals surface area contributed by atoms with Crippen molar-refractivity contribution in [3.05, 3.63) is 269 Å². The van der Waals surface area contributed by atoms with Crippen molar-refractivity contribution in [1.29, 1.82) is 0 Å². The zero-order valence-electron chi connectivity index (χ0n) is 79.2. The molecule has 12 aromatic heterocycles. The van der Waals surface area contributed by atoms with Crippen molar-refractivity contribution in [3.8, 4) is 75.0 Å². The fourth-order valence-electron chi connectivity index (χ4n) is 17.0. The molecule has 10 N–H and O–H groups in total. The minimum Gasteiger partial charge on any atom is -0.485 e. The van der Waals surface area contributed by atoms with Crippen molar-refractivity contribution in [2.24, 2.45) is 11.8 Å². The predicted molar refractivity (Wildman–Crippen MR) is 503 cm³/mol. The van der Waals surface area contributed by atoms with Crippen LogP contribution in [0.15, 0.2) is 127 Å². The molecule has 748 valence electrons. The van der Waals surface area contributed by atoms with Gasteiger partial charge in [-0.05, 0) is 218 Å². The zero-order valence-corrected chi connectivity index (χ0v) is 79.2. The van der Waals surface area contributed by atoms with Gasteiger partial charge in [0.25, 0.3) is 5.56 Å². The molecule has 22 rings (SSSR count). The second-order valence-corrected chi connectivity index (χ2v) is 37.1. The maximum absolute atomic E-state index is 14.1. The van der Waals surface area contributed by atoms with Crippen molar-refractivity contribution in [2.45, 2.75) is 157 Å². The summed E-state index contributed by atoms with van der Waals surface area (Å²) >= 11 is 0. The topological polar surface area (TPSA) is 427 Å². The van der Waals surface area contributed by atoms with Crippen LogP contribution in [-0.2, 0) is 67.3 Å². The number of halogens is 12. The highest BCUT2D eigenvalue weighted by molar-refractivity contribution is 6.08. The number of nitrogens with zero attached hydrogens (tertiary/aromatic N) is 15. The third-order valence-electron chi connectivity index (χ3n) is 25.5. The van der Waals surface area contributed by atoms with E-state index in [0.717, 1.165) is 43.2 Å². The zero-order chi connectivity index (χ0) is 104. The van der Waals surface area contributed by atoms with Crippen LogP contribution in [0.5, 0.6) is 28.9 Å². The van der Waals surface area contributed by atoms with Gasteiger partial charge in [0, 0.05) is 31.4 Å². The van der Waals surface area contributed by atoms with Crippen molar-refractivity contribution < 1.29 is 101 Å². The molecule has 4 aliphatic heterocycles. The van der Waals surface area contributed by atoms with E-state index in [1.54, 1.807) is 174 Å². The Morgan fingerprint density at radius 2 is 0.621 bits per heavy atom. The number of ether oxygens (including phenoxy) is 5. The summed E-state index contributed by atoms with van der Waals surface area (Å²) in [5.74, 6) is -9.77. The van der Waals surface area contributed by atoms with Crippen molar-refractivity contribution in [1.82, 2.24) is 77.4 Å². The number of pyridine rings is 4. The van der Waals surface area contributed by atoms with E-state index in [0.29, 0.717) is 151 Å². The normalized spacial score (nSPS) is 15.1. The largest absolute Gasteiger partial charge is 0.485 e. The molecule has 0 atom stereocenters. The Kier molecular flexibility index (Phi) is 25.6. The number of nitrogens with two attached hydrogens (primary N) is 2. The number of aromatic nitrogens is 16. The molecule has 2 saturated carbocycles. The SMILES string of the molecule is Cc1nc2c(OCc3c(F)ccc(F)c3F)cccn2c1-c1nc(N)c2c(n1)NC(=O)C2(C)C.Cc1nc2c(OCc3c(F)ccc(F)c3F)cccn2c1-c1nc(N)c2c(n1)NC(=O)C2(C)C.Cc1nc2c(OCc3c(F)ccc(F)c3F)cccn2c1-c1nc2c(c(=O)[nH]1)C(C)(C)C(=O)N2.Cc1nc2c(OCc3c(F)ccc(F)c3F)cccn2c1-c1nc2c(c(OCC3CC3)n1)C(C)(C)C(=O)N2.OCC1CC1. The van der Waals surface area contributed by atoms with Crippen LogP contribution in [-0.4, -0.2) is 119 Å². The van der Waals surface area contributed by atoms with E-state index in [4.69, 9.17) is 45.2 Å². The molecule has 16 aromatic rings. The van der Waals surface area contributed by atoms with Crippen LogP contribution in [0.2, 0.25) is 0 Å². The molecule has 4 aromatic carbocycles. The maximum atomic E-state index is 14.1. The van der Waals surface area contributed by atoms with E-state index in [9.17, 15) is 76.7 Å². The molecule has 45 heteroatoms. The van der Waals surface area contributed by atoms with E-state index >= 15 is 0 Å². The van der Waals surface area contributed by atoms with Crippen molar-refractivity contribution in [3.63, 3.8) is 0 Å². The van der Waals surface area contributed by atoms with Crippen LogP contribution in [0.4, 0.5) is 87.6 Å². The minimum atomic E-state index is -1.32. The molecule has 6 aliphatic rings. The summed E-state index contributed by atoms with van der Waals surface area (Å²) in [6.07, 6.45) is 11.5. The number of hydrogen-bond donors (Lipinski definition) is 8. The average Bonchev–Trinajstić information content (AvgIpc) is 1.59. The summed E-state index contributed by atoms with van der Waals surface area (Å²) in [6, 6.07) is 19.1. The van der Waals surface area contributed by atoms with E-state index in [-0.39, 0.29) is 92.9 Å². The number of hydrogen-bond acceptors (Lipinski definition) is 24. The Morgan fingerprint density at radius 3 is 0.931 bits per heavy atom. The molecule has 0 unspecified atom stereocenters. The third-order valence-corrected chi connectivity index (χ3v) is 25.5. The van der Waals surface area contributed by atoms with E-state index < -0.39 is 146 Å². The number of aromatic amines is 1. The van der Waals surface area contributed by atoms with Crippen molar-refractivity contribution >= 4 is 81.1 Å². The molecule has 16 heterocycles. The number of benzene rings is 4. The quantitative estimate of drug-likeness (QED) is 0.0259. The van der Waals surface area contributed by atoms with Gasteiger partial charge in [0.15, 0.2) is 115 Å². The van der Waals surface area contributed by atoms with Gasteiger partial charge >= 0.3 is 0 Å². The highest BCUT2D eigenvalue weighted by Gasteiger charge is 2.48. The van der Waals surface area contributed by atoms with Gasteiger partial charge < -0.3 is 66.5 Å². The summed E-state index contributed by atoms with van der Waals surface area (Å²) in [5, 5.41) is 19.2. The smallest absolute Gasteiger partial charge is 0.257 e. The molecule has 145 heavy (non-hydrogen) atoms. The number of carbonyl (C=O) groups excluding carboxylic acids is 4. The first kappa shape index (κ1) is 98.5. The maximum Gasteiger partial charge on any atom is 0.257 e. The van der Waals surface area contributed by atoms with E-state index in [2.05, 4.69) is 76.1 Å². The van der Waals surface area contributed by atoms with Gasteiger partial charge in [-0.25, -0.2) is 103 Å². The molecule has 33 nitrogen and oxygen atoms in total. The van der Waals surface area contributed by atoms with Crippen LogP contribution < -0.4 is 62.0 Å². The van der Waals surface area contributed by atoms with Crippen LogP contribution >= 0.6 is 0 Å². The average molecular weight is 2000 g/mol. The Morgan fingerprint density at radius 1 is 0.345 bits per heavy atom. The van der Waals surface area contributed by atoms with Gasteiger partial charge in [-0.2, -0.15) is 4.98 Å². The fraction of sp³-hybridized carbons (Fsp3) is 0.280.